The van der Waals surface area contributed by atoms with Gasteiger partial charge >= 0.3 is 0 Å². The molecule has 1 saturated heterocycles. The first-order chi connectivity index (χ1) is 15.9. The Morgan fingerprint density at radius 1 is 1.15 bits per heavy atom. The Hall–Kier alpha value is -3.59. The van der Waals surface area contributed by atoms with Crippen LogP contribution in [0, 0.1) is 0 Å². The molecular weight excluding hydrogens is 424 g/mol. The molecule has 1 aliphatic heterocycles. The number of hydrogen-bond acceptors (Lipinski definition) is 5. The number of benzene rings is 1. The average molecular weight is 453 g/mol. The topological polar surface area (TPSA) is 117 Å². The maximum absolute atomic E-state index is 13.4. The number of nitrogens with one attached hydrogen (secondary N) is 1. The highest BCUT2D eigenvalue weighted by Gasteiger charge is 2.28. The number of carbonyl (C=O) groups excluding carboxylic acids is 2. The van der Waals surface area contributed by atoms with Crippen molar-refractivity contribution in [1.29, 1.82) is 0 Å². The summed E-state index contributed by atoms with van der Waals surface area (Å²) in [5.74, 6) is -1.13. The summed E-state index contributed by atoms with van der Waals surface area (Å²) in [4.78, 5) is 39.7. The molecule has 2 aromatic heterocycles. The number of rotatable bonds is 5. The maximum Gasteiger partial charge on any atom is 0.272 e. The molecule has 9 heteroatoms. The van der Waals surface area contributed by atoms with Gasteiger partial charge in [0.05, 0.1) is 5.52 Å². The van der Waals surface area contributed by atoms with Gasteiger partial charge in [0.1, 0.15) is 17.7 Å². The molecule has 3 N–H and O–H groups in total. The summed E-state index contributed by atoms with van der Waals surface area (Å²) in [5, 5.41) is 23.0. The van der Waals surface area contributed by atoms with Gasteiger partial charge in [0.15, 0.2) is 5.75 Å². The first-order valence-corrected chi connectivity index (χ1v) is 11.1. The van der Waals surface area contributed by atoms with Gasteiger partial charge in [0.2, 0.25) is 5.91 Å². The van der Waals surface area contributed by atoms with E-state index in [-0.39, 0.29) is 34.3 Å². The minimum absolute atomic E-state index is 0.0313. The van der Waals surface area contributed by atoms with E-state index in [1.165, 1.54) is 0 Å². The maximum atomic E-state index is 13.4. The summed E-state index contributed by atoms with van der Waals surface area (Å²) in [7, 11) is 1.66. The highest BCUT2D eigenvalue weighted by molar-refractivity contribution is 6.04. The number of aromatic nitrogens is 2. The predicted molar refractivity (Wildman–Crippen MR) is 124 cm³/mol. The summed E-state index contributed by atoms with van der Waals surface area (Å²) in [5.41, 5.74) is 1.62. The van der Waals surface area contributed by atoms with Crippen LogP contribution in [-0.4, -0.2) is 61.8 Å². The van der Waals surface area contributed by atoms with Gasteiger partial charge in [-0.05, 0) is 37.5 Å². The quantitative estimate of drug-likeness (QED) is 0.540. The molecule has 0 unspecified atom stereocenters. The number of amides is 2. The first-order valence-electron chi connectivity index (χ1n) is 11.1. The Bertz CT molecular complexity index is 1250. The lowest BCUT2D eigenvalue weighted by molar-refractivity contribution is -0.135. The van der Waals surface area contributed by atoms with E-state index in [4.69, 9.17) is 5.11 Å². The van der Waals surface area contributed by atoms with Crippen molar-refractivity contribution in [3.8, 4) is 11.4 Å². The number of aryl methyl sites for hydroxylation is 2. The summed E-state index contributed by atoms with van der Waals surface area (Å²) in [6.45, 7) is 2.30. The number of likely N-dealkylation sites (tertiary alicyclic amines) is 1. The van der Waals surface area contributed by atoms with Gasteiger partial charge in [-0.3, -0.25) is 19.0 Å². The molecule has 0 saturated carbocycles. The molecule has 33 heavy (non-hydrogen) atoms. The fourth-order valence-electron chi connectivity index (χ4n) is 4.54. The fourth-order valence-corrected chi connectivity index (χ4v) is 4.54. The third-order valence-corrected chi connectivity index (χ3v) is 6.33. The standard InChI is InChI=1S/C24H28N4O5/c1-3-16-13-18-20(24(33)28(16)17-7-5-4-6-8-17)22(31)21(26(18)2)23(32)25-15-9-11-27(12-10-15)19(30)14-29/h4-8,13,15,29,31H,3,9-12,14H2,1-2H3,(H,25,32). The summed E-state index contributed by atoms with van der Waals surface area (Å²) in [6.07, 6.45) is 1.69. The van der Waals surface area contributed by atoms with E-state index in [0.717, 1.165) is 5.69 Å². The Labute approximate surface area is 190 Å². The van der Waals surface area contributed by atoms with Crippen molar-refractivity contribution in [3.05, 3.63) is 58.1 Å². The molecule has 3 heterocycles. The van der Waals surface area contributed by atoms with E-state index in [2.05, 4.69) is 5.32 Å². The van der Waals surface area contributed by atoms with Crippen LogP contribution in [0.4, 0.5) is 0 Å². The van der Waals surface area contributed by atoms with E-state index < -0.39 is 12.5 Å². The third kappa shape index (κ3) is 4.00. The minimum atomic E-state index is -0.527. The van der Waals surface area contributed by atoms with Crippen LogP contribution >= 0.6 is 0 Å². The number of para-hydroxylation sites is 1. The number of carbonyl (C=O) groups is 2. The molecule has 9 nitrogen and oxygen atoms in total. The second-order valence-corrected chi connectivity index (χ2v) is 8.27. The van der Waals surface area contributed by atoms with Crippen molar-refractivity contribution < 1.29 is 19.8 Å². The zero-order valence-electron chi connectivity index (χ0n) is 18.7. The number of nitrogens with zero attached hydrogens (tertiary/aromatic N) is 3. The smallest absolute Gasteiger partial charge is 0.272 e. The molecule has 0 aliphatic carbocycles. The van der Waals surface area contributed by atoms with E-state index >= 15 is 0 Å². The van der Waals surface area contributed by atoms with Crippen molar-refractivity contribution in [3.63, 3.8) is 0 Å². The Morgan fingerprint density at radius 3 is 2.42 bits per heavy atom. The lowest BCUT2D eigenvalue weighted by Gasteiger charge is -2.32. The van der Waals surface area contributed by atoms with Crippen LogP contribution in [0.3, 0.4) is 0 Å². The lowest BCUT2D eigenvalue weighted by Crippen LogP contribution is -2.47. The molecular formula is C24H28N4O5. The van der Waals surface area contributed by atoms with Crippen LogP contribution in [0.15, 0.2) is 41.2 Å². The molecule has 1 fully saturated rings. The van der Waals surface area contributed by atoms with E-state index in [1.54, 1.807) is 21.1 Å². The number of pyridine rings is 1. The average Bonchev–Trinajstić information content (AvgIpc) is 3.09. The predicted octanol–water partition coefficient (Wildman–Crippen LogP) is 1.31. The summed E-state index contributed by atoms with van der Waals surface area (Å²) < 4.78 is 3.12. The van der Waals surface area contributed by atoms with Crippen molar-refractivity contribution >= 4 is 22.7 Å². The normalized spacial score (nSPS) is 14.6. The fraction of sp³-hybridized carbons (Fsp3) is 0.375. The minimum Gasteiger partial charge on any atom is -0.505 e. The second kappa shape index (κ2) is 9.11. The summed E-state index contributed by atoms with van der Waals surface area (Å²) in [6, 6.07) is 10.9. The van der Waals surface area contributed by atoms with Gasteiger partial charge in [-0.2, -0.15) is 0 Å². The molecule has 1 aromatic carbocycles. The molecule has 0 bridgehead atoms. The number of fused-ring (bicyclic) bond motifs is 1. The van der Waals surface area contributed by atoms with Crippen LogP contribution in [-0.2, 0) is 18.3 Å². The monoisotopic (exact) mass is 452 g/mol. The Morgan fingerprint density at radius 2 is 1.82 bits per heavy atom. The zero-order valence-corrected chi connectivity index (χ0v) is 18.7. The number of piperidine rings is 1. The van der Waals surface area contributed by atoms with Crippen LogP contribution in [0.5, 0.6) is 5.75 Å². The number of hydrogen-bond donors (Lipinski definition) is 3. The SMILES string of the molecule is CCc1cc2c(c(O)c(C(=O)NC3CCN(C(=O)CO)CC3)n2C)c(=O)n1-c1ccccc1. The van der Waals surface area contributed by atoms with Crippen LogP contribution in [0.2, 0.25) is 0 Å². The van der Waals surface area contributed by atoms with E-state index in [1.807, 2.05) is 43.3 Å². The van der Waals surface area contributed by atoms with Crippen molar-refractivity contribution in [2.75, 3.05) is 19.7 Å². The molecule has 4 rings (SSSR count). The molecule has 0 spiro atoms. The third-order valence-electron chi connectivity index (χ3n) is 6.33. The number of aliphatic hydroxyl groups excluding tert-OH is 1. The zero-order chi connectivity index (χ0) is 23.7. The summed E-state index contributed by atoms with van der Waals surface area (Å²) >= 11 is 0. The van der Waals surface area contributed by atoms with Gasteiger partial charge in [-0.1, -0.05) is 25.1 Å². The number of aromatic hydroxyl groups is 1. The highest BCUT2D eigenvalue weighted by Crippen LogP contribution is 2.30. The van der Waals surface area contributed by atoms with Crippen molar-refractivity contribution in [2.45, 2.75) is 32.2 Å². The lowest BCUT2D eigenvalue weighted by atomic mass is 10.0. The van der Waals surface area contributed by atoms with Gasteiger partial charge in [0, 0.05) is 37.6 Å². The molecule has 0 radical (unpaired) electrons. The highest BCUT2D eigenvalue weighted by atomic mass is 16.3. The molecule has 1 aliphatic rings. The van der Waals surface area contributed by atoms with E-state index in [0.29, 0.717) is 43.6 Å². The largest absolute Gasteiger partial charge is 0.505 e. The Balaban J connectivity index is 1.68. The first kappa shape index (κ1) is 22.6. The van der Waals surface area contributed by atoms with Crippen LogP contribution in [0.1, 0.15) is 35.9 Å². The van der Waals surface area contributed by atoms with Gasteiger partial charge < -0.3 is 25.0 Å². The molecule has 174 valence electrons. The molecule has 2 amide bonds. The van der Waals surface area contributed by atoms with Gasteiger partial charge in [-0.25, -0.2) is 0 Å². The van der Waals surface area contributed by atoms with E-state index in [9.17, 15) is 19.5 Å². The van der Waals surface area contributed by atoms with Gasteiger partial charge in [0.25, 0.3) is 11.5 Å². The second-order valence-electron chi connectivity index (χ2n) is 8.27. The van der Waals surface area contributed by atoms with Crippen LogP contribution in [0.25, 0.3) is 16.6 Å². The number of aliphatic hydroxyl groups is 1. The molecule has 0 atom stereocenters. The Kier molecular flexibility index (Phi) is 6.24. The van der Waals surface area contributed by atoms with Gasteiger partial charge in [-0.15, -0.1) is 0 Å². The molecule has 3 aromatic rings. The van der Waals surface area contributed by atoms with Crippen molar-refractivity contribution in [1.82, 2.24) is 19.4 Å². The van der Waals surface area contributed by atoms with Crippen molar-refractivity contribution in [2.24, 2.45) is 7.05 Å². The van der Waals surface area contributed by atoms with Crippen LogP contribution < -0.4 is 10.9 Å².